The SMILES string of the molecule is CCS(=O)(=O)c1ccccc1NCc1ccc(Br)cc1. The van der Waals surface area contributed by atoms with Crippen molar-refractivity contribution in [2.24, 2.45) is 0 Å². The number of sulfone groups is 1. The lowest BCUT2D eigenvalue weighted by atomic mass is 10.2. The highest BCUT2D eigenvalue weighted by molar-refractivity contribution is 9.10. The fraction of sp³-hybridized carbons (Fsp3) is 0.200. The van der Waals surface area contributed by atoms with E-state index in [0.29, 0.717) is 17.1 Å². The molecule has 0 saturated carbocycles. The molecule has 0 radical (unpaired) electrons. The summed E-state index contributed by atoms with van der Waals surface area (Å²) >= 11 is 3.39. The fourth-order valence-corrected chi connectivity index (χ4v) is 3.18. The van der Waals surface area contributed by atoms with Gasteiger partial charge in [0.1, 0.15) is 0 Å². The Bertz CT molecular complexity index is 681. The zero-order chi connectivity index (χ0) is 14.6. The van der Waals surface area contributed by atoms with Crippen molar-refractivity contribution in [1.29, 1.82) is 0 Å². The molecule has 106 valence electrons. The van der Waals surface area contributed by atoms with Crippen molar-refractivity contribution in [3.05, 3.63) is 58.6 Å². The fourth-order valence-electron chi connectivity index (χ4n) is 1.84. The van der Waals surface area contributed by atoms with Gasteiger partial charge in [-0.25, -0.2) is 8.42 Å². The molecule has 3 nitrogen and oxygen atoms in total. The second-order valence-electron chi connectivity index (χ2n) is 4.38. The van der Waals surface area contributed by atoms with Gasteiger partial charge in [0.05, 0.1) is 16.3 Å². The van der Waals surface area contributed by atoms with Gasteiger partial charge in [-0.1, -0.05) is 47.1 Å². The molecule has 20 heavy (non-hydrogen) atoms. The monoisotopic (exact) mass is 353 g/mol. The quantitative estimate of drug-likeness (QED) is 0.887. The molecule has 0 aliphatic rings. The van der Waals surface area contributed by atoms with E-state index in [-0.39, 0.29) is 5.75 Å². The first-order valence-corrected chi connectivity index (χ1v) is 8.77. The standard InChI is InChI=1S/C15H16BrNO2S/c1-2-20(18,19)15-6-4-3-5-14(15)17-11-12-7-9-13(16)10-8-12/h3-10,17H,2,11H2,1H3. The minimum Gasteiger partial charge on any atom is -0.380 e. The van der Waals surface area contributed by atoms with Crippen molar-refractivity contribution in [3.63, 3.8) is 0 Å². The molecule has 0 spiro atoms. The molecule has 2 rings (SSSR count). The number of rotatable bonds is 5. The molecule has 1 N–H and O–H groups in total. The largest absolute Gasteiger partial charge is 0.380 e. The highest BCUT2D eigenvalue weighted by Gasteiger charge is 2.15. The summed E-state index contributed by atoms with van der Waals surface area (Å²) in [5.41, 5.74) is 1.74. The van der Waals surface area contributed by atoms with E-state index in [2.05, 4.69) is 21.2 Å². The molecule has 0 aliphatic heterocycles. The van der Waals surface area contributed by atoms with Gasteiger partial charge in [0, 0.05) is 11.0 Å². The molecular formula is C15H16BrNO2S. The van der Waals surface area contributed by atoms with Gasteiger partial charge in [-0.3, -0.25) is 0 Å². The summed E-state index contributed by atoms with van der Waals surface area (Å²) in [6.07, 6.45) is 0. The predicted octanol–water partition coefficient (Wildman–Crippen LogP) is 3.85. The molecule has 0 fully saturated rings. The average molecular weight is 354 g/mol. The highest BCUT2D eigenvalue weighted by atomic mass is 79.9. The molecular weight excluding hydrogens is 338 g/mol. The van der Waals surface area contributed by atoms with Crippen molar-refractivity contribution in [2.75, 3.05) is 11.1 Å². The first kappa shape index (κ1) is 15.1. The minimum absolute atomic E-state index is 0.101. The summed E-state index contributed by atoms with van der Waals surface area (Å²) in [6.45, 7) is 2.24. The van der Waals surface area contributed by atoms with E-state index in [1.165, 1.54) is 0 Å². The number of para-hydroxylation sites is 1. The second kappa shape index (κ2) is 6.41. The summed E-state index contributed by atoms with van der Waals surface area (Å²) in [7, 11) is -3.21. The van der Waals surface area contributed by atoms with Crippen LogP contribution < -0.4 is 5.32 Å². The van der Waals surface area contributed by atoms with Crippen LogP contribution in [-0.2, 0) is 16.4 Å². The zero-order valence-corrected chi connectivity index (χ0v) is 13.5. The van der Waals surface area contributed by atoms with Crippen molar-refractivity contribution < 1.29 is 8.42 Å². The molecule has 0 unspecified atom stereocenters. The van der Waals surface area contributed by atoms with Crippen molar-refractivity contribution in [2.45, 2.75) is 18.4 Å². The Morgan fingerprint density at radius 3 is 2.35 bits per heavy atom. The third-order valence-electron chi connectivity index (χ3n) is 3.00. The van der Waals surface area contributed by atoms with Crippen molar-refractivity contribution in [1.82, 2.24) is 0 Å². The van der Waals surface area contributed by atoms with Crippen LogP contribution in [0.5, 0.6) is 0 Å². The predicted molar refractivity (Wildman–Crippen MR) is 85.6 cm³/mol. The summed E-state index contributed by atoms with van der Waals surface area (Å²) in [5.74, 6) is 0.101. The normalized spacial score (nSPS) is 11.3. The van der Waals surface area contributed by atoms with Gasteiger partial charge in [-0.2, -0.15) is 0 Å². The Morgan fingerprint density at radius 1 is 1.05 bits per heavy atom. The molecule has 0 amide bonds. The lowest BCUT2D eigenvalue weighted by Gasteiger charge is -2.11. The van der Waals surface area contributed by atoms with Gasteiger partial charge in [0.2, 0.25) is 0 Å². The average Bonchev–Trinajstić information content (AvgIpc) is 2.47. The van der Waals surface area contributed by atoms with Gasteiger partial charge >= 0.3 is 0 Å². The topological polar surface area (TPSA) is 46.2 Å². The molecule has 0 heterocycles. The van der Waals surface area contributed by atoms with Crippen LogP contribution in [0.2, 0.25) is 0 Å². The zero-order valence-electron chi connectivity index (χ0n) is 11.1. The third-order valence-corrected chi connectivity index (χ3v) is 5.31. The number of halogens is 1. The van der Waals surface area contributed by atoms with Crippen LogP contribution in [0, 0.1) is 0 Å². The maximum Gasteiger partial charge on any atom is 0.180 e. The maximum absolute atomic E-state index is 12.0. The van der Waals surface area contributed by atoms with Gasteiger partial charge in [-0.15, -0.1) is 0 Å². The van der Waals surface area contributed by atoms with E-state index in [1.807, 2.05) is 30.3 Å². The maximum atomic E-state index is 12.0. The Kier molecular flexibility index (Phi) is 4.83. The third kappa shape index (κ3) is 3.61. The lowest BCUT2D eigenvalue weighted by molar-refractivity contribution is 0.597. The van der Waals surface area contributed by atoms with Crippen LogP contribution in [0.15, 0.2) is 57.9 Å². The summed E-state index contributed by atoms with van der Waals surface area (Å²) < 4.78 is 25.1. The molecule has 0 bridgehead atoms. The second-order valence-corrected chi connectivity index (χ2v) is 7.54. The van der Waals surface area contributed by atoms with Crippen LogP contribution >= 0.6 is 15.9 Å². The van der Waals surface area contributed by atoms with E-state index in [1.54, 1.807) is 25.1 Å². The number of hydrogen-bond acceptors (Lipinski definition) is 3. The van der Waals surface area contributed by atoms with Crippen LogP contribution in [-0.4, -0.2) is 14.2 Å². The Morgan fingerprint density at radius 2 is 1.70 bits per heavy atom. The minimum atomic E-state index is -3.21. The van der Waals surface area contributed by atoms with Gasteiger partial charge < -0.3 is 5.32 Å². The van der Waals surface area contributed by atoms with E-state index in [0.717, 1.165) is 10.0 Å². The van der Waals surface area contributed by atoms with Crippen LogP contribution in [0.1, 0.15) is 12.5 Å². The molecule has 0 aliphatic carbocycles. The van der Waals surface area contributed by atoms with Crippen LogP contribution in [0.25, 0.3) is 0 Å². The first-order chi connectivity index (χ1) is 9.53. The van der Waals surface area contributed by atoms with Crippen molar-refractivity contribution in [3.8, 4) is 0 Å². The Hall–Kier alpha value is -1.33. The Labute approximate surface area is 128 Å². The van der Waals surface area contributed by atoms with E-state index in [9.17, 15) is 8.42 Å². The molecule has 5 heteroatoms. The van der Waals surface area contributed by atoms with Crippen LogP contribution in [0.4, 0.5) is 5.69 Å². The number of hydrogen-bond donors (Lipinski definition) is 1. The van der Waals surface area contributed by atoms with Crippen molar-refractivity contribution >= 4 is 31.5 Å². The van der Waals surface area contributed by atoms with E-state index < -0.39 is 9.84 Å². The molecule has 2 aromatic rings. The van der Waals surface area contributed by atoms with Gasteiger partial charge in [0.15, 0.2) is 9.84 Å². The van der Waals surface area contributed by atoms with Crippen LogP contribution in [0.3, 0.4) is 0 Å². The summed E-state index contributed by atoms with van der Waals surface area (Å²) in [4.78, 5) is 0.361. The first-order valence-electron chi connectivity index (χ1n) is 6.33. The molecule has 0 aromatic heterocycles. The van der Waals surface area contributed by atoms with Gasteiger partial charge in [0.25, 0.3) is 0 Å². The highest BCUT2D eigenvalue weighted by Crippen LogP contribution is 2.22. The smallest absolute Gasteiger partial charge is 0.180 e. The summed E-state index contributed by atoms with van der Waals surface area (Å²) in [6, 6.07) is 14.9. The lowest BCUT2D eigenvalue weighted by Crippen LogP contribution is -2.09. The van der Waals surface area contributed by atoms with Gasteiger partial charge in [-0.05, 0) is 29.8 Å². The van der Waals surface area contributed by atoms with E-state index in [4.69, 9.17) is 0 Å². The number of nitrogens with one attached hydrogen (secondary N) is 1. The molecule has 2 aromatic carbocycles. The number of benzene rings is 2. The molecule has 0 atom stereocenters. The Balaban J connectivity index is 2.20. The van der Waals surface area contributed by atoms with E-state index >= 15 is 0 Å². The summed E-state index contributed by atoms with van der Waals surface area (Å²) in [5, 5.41) is 3.19. The molecule has 0 saturated heterocycles. The number of anilines is 1.